The third-order valence-electron chi connectivity index (χ3n) is 4.69. The summed E-state index contributed by atoms with van der Waals surface area (Å²) in [5, 5.41) is 13.2. The zero-order valence-electron chi connectivity index (χ0n) is 15.0. The second-order valence-electron chi connectivity index (χ2n) is 7.79. The summed E-state index contributed by atoms with van der Waals surface area (Å²) in [6.45, 7) is 5.93. The lowest BCUT2D eigenvalue weighted by atomic mass is 10.1. The highest BCUT2D eigenvalue weighted by Gasteiger charge is 2.39. The third-order valence-corrected chi connectivity index (χ3v) is 4.69. The lowest BCUT2D eigenvalue weighted by Crippen LogP contribution is -2.49. The molecule has 1 saturated heterocycles. The standard InChI is InChI=1S/C19H26N2O4/c1-19(2,3)25-18(24)21-10-6-9-14(21)17(23)20-16-13-8-5-4-7-12(13)11-15(16)22/h4-5,7-8,14-16,22H,6,9-11H2,1-3H3,(H,20,23)/t14-,15-,16-/m0/s1. The molecule has 2 aliphatic rings. The molecule has 0 spiro atoms. The molecule has 3 atom stereocenters. The molecule has 0 saturated carbocycles. The van der Waals surface area contributed by atoms with Gasteiger partial charge in [-0.15, -0.1) is 0 Å². The van der Waals surface area contributed by atoms with Crippen LogP contribution in [0.25, 0.3) is 0 Å². The van der Waals surface area contributed by atoms with Crippen molar-refractivity contribution in [1.29, 1.82) is 0 Å². The summed E-state index contributed by atoms with van der Waals surface area (Å²) in [5.41, 5.74) is 1.40. The number of nitrogens with one attached hydrogen (secondary N) is 1. The number of amides is 2. The fourth-order valence-corrected chi connectivity index (χ4v) is 3.58. The molecule has 1 heterocycles. The van der Waals surface area contributed by atoms with Gasteiger partial charge in [0.25, 0.3) is 0 Å². The summed E-state index contributed by atoms with van der Waals surface area (Å²) in [5.74, 6) is -0.232. The molecule has 0 aromatic heterocycles. The molecule has 0 unspecified atom stereocenters. The van der Waals surface area contributed by atoms with Crippen LogP contribution in [0.4, 0.5) is 4.79 Å². The van der Waals surface area contributed by atoms with Crippen molar-refractivity contribution in [2.24, 2.45) is 0 Å². The Kier molecular flexibility index (Phi) is 4.73. The van der Waals surface area contributed by atoms with E-state index in [4.69, 9.17) is 4.74 Å². The first-order chi connectivity index (χ1) is 11.8. The van der Waals surface area contributed by atoms with Crippen LogP contribution in [0.15, 0.2) is 24.3 Å². The van der Waals surface area contributed by atoms with Crippen molar-refractivity contribution in [3.8, 4) is 0 Å². The number of aliphatic hydroxyl groups excluding tert-OH is 1. The summed E-state index contributed by atoms with van der Waals surface area (Å²) < 4.78 is 5.41. The number of hydrogen-bond donors (Lipinski definition) is 2. The minimum absolute atomic E-state index is 0.232. The molecule has 3 rings (SSSR count). The Labute approximate surface area is 148 Å². The zero-order chi connectivity index (χ0) is 18.2. The van der Waals surface area contributed by atoms with Crippen molar-refractivity contribution in [1.82, 2.24) is 10.2 Å². The van der Waals surface area contributed by atoms with Gasteiger partial charge >= 0.3 is 6.09 Å². The first-order valence-corrected chi connectivity index (χ1v) is 8.82. The van der Waals surface area contributed by atoms with Crippen LogP contribution in [0.2, 0.25) is 0 Å². The van der Waals surface area contributed by atoms with E-state index >= 15 is 0 Å². The number of rotatable bonds is 2. The van der Waals surface area contributed by atoms with E-state index in [1.54, 1.807) is 0 Å². The predicted octanol–water partition coefficient (Wildman–Crippen LogP) is 2.16. The number of aliphatic hydroxyl groups is 1. The van der Waals surface area contributed by atoms with Gasteiger partial charge in [0.1, 0.15) is 11.6 Å². The molecule has 1 aliphatic heterocycles. The number of benzene rings is 1. The van der Waals surface area contributed by atoms with E-state index in [9.17, 15) is 14.7 Å². The van der Waals surface area contributed by atoms with Gasteiger partial charge in [0, 0.05) is 13.0 Å². The normalized spacial score (nSPS) is 25.6. The summed E-state index contributed by atoms with van der Waals surface area (Å²) in [6.07, 6.45) is 0.799. The molecular formula is C19H26N2O4. The Hall–Kier alpha value is -2.08. The molecule has 2 N–H and O–H groups in total. The molecule has 1 aromatic carbocycles. The Morgan fingerprint density at radius 1 is 1.28 bits per heavy atom. The molecular weight excluding hydrogens is 320 g/mol. The van der Waals surface area contributed by atoms with Crippen molar-refractivity contribution in [2.75, 3.05) is 6.54 Å². The van der Waals surface area contributed by atoms with Gasteiger partial charge < -0.3 is 15.2 Å². The summed E-state index contributed by atoms with van der Waals surface area (Å²) in [7, 11) is 0. The Morgan fingerprint density at radius 2 is 2.00 bits per heavy atom. The van der Waals surface area contributed by atoms with Gasteiger partial charge in [0.2, 0.25) is 5.91 Å². The highest BCUT2D eigenvalue weighted by molar-refractivity contribution is 5.86. The van der Waals surface area contributed by atoms with E-state index in [0.29, 0.717) is 19.4 Å². The minimum Gasteiger partial charge on any atom is -0.444 e. The number of carbonyl (C=O) groups excluding carboxylic acids is 2. The van der Waals surface area contributed by atoms with Gasteiger partial charge in [0.05, 0.1) is 12.1 Å². The average molecular weight is 346 g/mol. The molecule has 6 heteroatoms. The van der Waals surface area contributed by atoms with Crippen molar-refractivity contribution in [3.05, 3.63) is 35.4 Å². The smallest absolute Gasteiger partial charge is 0.410 e. The van der Waals surface area contributed by atoms with Crippen molar-refractivity contribution in [3.63, 3.8) is 0 Å². The average Bonchev–Trinajstić information content (AvgIpc) is 3.11. The topological polar surface area (TPSA) is 78.9 Å². The quantitative estimate of drug-likeness (QED) is 0.860. The van der Waals surface area contributed by atoms with Crippen LogP contribution < -0.4 is 5.32 Å². The fraction of sp³-hybridized carbons (Fsp3) is 0.579. The third kappa shape index (κ3) is 3.79. The highest BCUT2D eigenvalue weighted by Crippen LogP contribution is 2.32. The maximum Gasteiger partial charge on any atom is 0.410 e. The Morgan fingerprint density at radius 3 is 2.72 bits per heavy atom. The monoisotopic (exact) mass is 346 g/mol. The highest BCUT2D eigenvalue weighted by atomic mass is 16.6. The van der Waals surface area contributed by atoms with Crippen LogP contribution in [0.5, 0.6) is 0 Å². The van der Waals surface area contributed by atoms with Crippen LogP contribution in [0.1, 0.15) is 50.8 Å². The molecule has 2 amide bonds. The first-order valence-electron chi connectivity index (χ1n) is 8.82. The van der Waals surface area contributed by atoms with Gasteiger partial charge in [-0.05, 0) is 44.7 Å². The van der Waals surface area contributed by atoms with Gasteiger partial charge in [-0.2, -0.15) is 0 Å². The lowest BCUT2D eigenvalue weighted by molar-refractivity contribution is -0.127. The number of likely N-dealkylation sites (tertiary alicyclic amines) is 1. The maximum absolute atomic E-state index is 12.8. The van der Waals surface area contributed by atoms with Crippen LogP contribution >= 0.6 is 0 Å². The van der Waals surface area contributed by atoms with Crippen LogP contribution in [-0.4, -0.2) is 46.3 Å². The van der Waals surface area contributed by atoms with E-state index in [2.05, 4.69) is 5.32 Å². The predicted molar refractivity (Wildman–Crippen MR) is 93.0 cm³/mol. The molecule has 1 aliphatic carbocycles. The van der Waals surface area contributed by atoms with Crippen LogP contribution in [-0.2, 0) is 16.0 Å². The summed E-state index contributed by atoms with van der Waals surface area (Å²) in [6, 6.07) is 6.75. The van der Waals surface area contributed by atoms with E-state index in [-0.39, 0.29) is 5.91 Å². The second kappa shape index (κ2) is 6.67. The second-order valence-corrected chi connectivity index (χ2v) is 7.79. The zero-order valence-corrected chi connectivity index (χ0v) is 15.0. The summed E-state index contributed by atoms with van der Waals surface area (Å²) >= 11 is 0. The number of fused-ring (bicyclic) bond motifs is 1. The molecule has 0 bridgehead atoms. The van der Waals surface area contributed by atoms with Gasteiger partial charge in [-0.25, -0.2) is 4.79 Å². The Balaban J connectivity index is 1.69. The van der Waals surface area contributed by atoms with E-state index in [1.807, 2.05) is 45.0 Å². The Bertz CT molecular complexity index is 668. The first kappa shape index (κ1) is 17.7. The van der Waals surface area contributed by atoms with Crippen molar-refractivity contribution in [2.45, 2.75) is 63.8 Å². The molecule has 136 valence electrons. The molecule has 0 radical (unpaired) electrons. The van der Waals surface area contributed by atoms with E-state index < -0.39 is 29.9 Å². The number of ether oxygens (including phenoxy) is 1. The number of nitrogens with zero attached hydrogens (tertiary/aromatic N) is 1. The SMILES string of the molecule is CC(C)(C)OC(=O)N1CCC[C@H]1C(=O)N[C@H]1c2ccccc2C[C@@H]1O. The van der Waals surface area contributed by atoms with Gasteiger partial charge in [-0.1, -0.05) is 24.3 Å². The molecule has 1 fully saturated rings. The van der Waals surface area contributed by atoms with Gasteiger partial charge in [-0.3, -0.25) is 9.69 Å². The molecule has 1 aromatic rings. The number of carbonyl (C=O) groups is 2. The van der Waals surface area contributed by atoms with Crippen molar-refractivity contribution >= 4 is 12.0 Å². The van der Waals surface area contributed by atoms with Crippen LogP contribution in [0, 0.1) is 0 Å². The largest absolute Gasteiger partial charge is 0.444 e. The lowest BCUT2D eigenvalue weighted by Gasteiger charge is -2.29. The van der Waals surface area contributed by atoms with Crippen LogP contribution in [0.3, 0.4) is 0 Å². The minimum atomic E-state index is -0.641. The summed E-state index contributed by atoms with van der Waals surface area (Å²) in [4.78, 5) is 26.6. The van der Waals surface area contributed by atoms with Gasteiger partial charge in [0.15, 0.2) is 0 Å². The maximum atomic E-state index is 12.8. The van der Waals surface area contributed by atoms with E-state index in [0.717, 1.165) is 17.5 Å². The fourth-order valence-electron chi connectivity index (χ4n) is 3.58. The number of hydrogen-bond acceptors (Lipinski definition) is 4. The van der Waals surface area contributed by atoms with Crippen molar-refractivity contribution < 1.29 is 19.4 Å². The van der Waals surface area contributed by atoms with E-state index in [1.165, 1.54) is 4.90 Å². The molecule has 25 heavy (non-hydrogen) atoms. The molecule has 6 nitrogen and oxygen atoms in total.